The van der Waals surface area contributed by atoms with E-state index in [4.69, 9.17) is 0 Å². The van der Waals surface area contributed by atoms with E-state index in [1.807, 2.05) is 13.8 Å². The van der Waals surface area contributed by atoms with E-state index in [0.717, 1.165) is 0 Å². The highest BCUT2D eigenvalue weighted by Crippen LogP contribution is 2.23. The largest absolute Gasteiger partial charge is 0.287 e. The van der Waals surface area contributed by atoms with Crippen LogP contribution in [-0.2, 0) is 0 Å². The van der Waals surface area contributed by atoms with Crippen LogP contribution < -0.4 is 0 Å². The van der Waals surface area contributed by atoms with Gasteiger partial charge in [0.15, 0.2) is 0 Å². The molecule has 5 heteroatoms. The molecule has 0 saturated carbocycles. The summed E-state index contributed by atoms with van der Waals surface area (Å²) in [4.78, 5) is 12.5. The van der Waals surface area contributed by atoms with Gasteiger partial charge < -0.3 is 0 Å². The second-order valence-electron chi connectivity index (χ2n) is 4.67. The van der Waals surface area contributed by atoms with Gasteiger partial charge in [-0.25, -0.2) is 4.39 Å². The molecule has 1 aromatic heterocycles. The van der Waals surface area contributed by atoms with E-state index in [1.54, 1.807) is 23.9 Å². The van der Waals surface area contributed by atoms with Crippen LogP contribution in [0.15, 0.2) is 28.9 Å². The topological polar surface area (TPSA) is 34.9 Å². The van der Waals surface area contributed by atoms with Gasteiger partial charge in [-0.15, -0.1) is 0 Å². The zero-order valence-corrected chi connectivity index (χ0v) is 12.5. The molecule has 0 radical (unpaired) electrons. The van der Waals surface area contributed by atoms with Crippen molar-refractivity contribution in [2.75, 3.05) is 0 Å². The number of nitrogens with zero attached hydrogens (tertiary/aromatic N) is 2. The molecule has 0 aliphatic rings. The Labute approximate surface area is 119 Å². The lowest BCUT2D eigenvalue weighted by atomic mass is 10.1. The van der Waals surface area contributed by atoms with Gasteiger partial charge in [-0.2, -0.15) is 5.10 Å². The predicted octanol–water partition coefficient (Wildman–Crippen LogP) is 3.91. The van der Waals surface area contributed by atoms with Crippen LogP contribution in [0.25, 0.3) is 0 Å². The van der Waals surface area contributed by atoms with Crippen LogP contribution in [0.2, 0.25) is 0 Å². The van der Waals surface area contributed by atoms with Crippen molar-refractivity contribution in [2.45, 2.75) is 26.8 Å². The lowest BCUT2D eigenvalue weighted by molar-refractivity contribution is 0.102. The summed E-state index contributed by atoms with van der Waals surface area (Å²) < 4.78 is 15.6. The Balaban J connectivity index is 2.49. The molecule has 2 rings (SSSR count). The summed E-state index contributed by atoms with van der Waals surface area (Å²) in [7, 11) is 0. The van der Waals surface area contributed by atoms with Crippen LogP contribution in [0, 0.1) is 12.7 Å². The number of ketones is 1. The number of aromatic nitrogens is 2. The highest BCUT2D eigenvalue weighted by Gasteiger charge is 2.20. The zero-order chi connectivity index (χ0) is 14.2. The third-order valence-electron chi connectivity index (χ3n) is 2.88. The lowest BCUT2D eigenvalue weighted by Gasteiger charge is -2.11. The number of rotatable bonds is 3. The molecular weight excluding hydrogens is 311 g/mol. The maximum Gasteiger partial charge on any atom is 0.212 e. The monoisotopic (exact) mass is 324 g/mol. The number of carbonyl (C=O) groups is 1. The minimum absolute atomic E-state index is 0.0757. The first kappa shape index (κ1) is 13.9. The van der Waals surface area contributed by atoms with Crippen molar-refractivity contribution in [1.82, 2.24) is 9.78 Å². The van der Waals surface area contributed by atoms with Gasteiger partial charge in [0.2, 0.25) is 5.78 Å². The average molecular weight is 325 g/mol. The quantitative estimate of drug-likeness (QED) is 0.802. The second-order valence-corrected chi connectivity index (χ2v) is 5.53. The van der Waals surface area contributed by atoms with Crippen LogP contribution in [-0.4, -0.2) is 15.6 Å². The molecule has 0 saturated heterocycles. The summed E-state index contributed by atoms with van der Waals surface area (Å²) in [5, 5.41) is 4.18. The third-order valence-corrected chi connectivity index (χ3v) is 3.46. The van der Waals surface area contributed by atoms with E-state index in [1.165, 1.54) is 12.1 Å². The van der Waals surface area contributed by atoms with E-state index >= 15 is 0 Å². The summed E-state index contributed by atoms with van der Waals surface area (Å²) in [5.41, 5.74) is 1.40. The Bertz CT molecular complexity index is 634. The van der Waals surface area contributed by atoms with Crippen LogP contribution in [0.1, 0.15) is 41.5 Å². The average Bonchev–Trinajstić information content (AvgIpc) is 2.74. The van der Waals surface area contributed by atoms with Crippen molar-refractivity contribution in [3.63, 3.8) is 0 Å². The predicted molar refractivity (Wildman–Crippen MR) is 74.9 cm³/mol. The van der Waals surface area contributed by atoms with Crippen molar-refractivity contribution in [1.29, 1.82) is 0 Å². The van der Waals surface area contributed by atoms with Gasteiger partial charge in [0.25, 0.3) is 0 Å². The van der Waals surface area contributed by atoms with E-state index in [-0.39, 0.29) is 17.6 Å². The molecule has 100 valence electrons. The number of hydrogen-bond acceptors (Lipinski definition) is 2. The van der Waals surface area contributed by atoms with Crippen LogP contribution in [0.5, 0.6) is 0 Å². The van der Waals surface area contributed by atoms with Gasteiger partial charge >= 0.3 is 0 Å². The molecule has 1 aromatic carbocycles. The van der Waals surface area contributed by atoms with Crippen molar-refractivity contribution in [3.05, 3.63) is 51.5 Å². The minimum Gasteiger partial charge on any atom is -0.287 e. The van der Waals surface area contributed by atoms with Crippen LogP contribution >= 0.6 is 15.9 Å². The van der Waals surface area contributed by atoms with Crippen molar-refractivity contribution in [2.24, 2.45) is 0 Å². The molecule has 0 spiro atoms. The molecular formula is C14H14BrFN2O. The Hall–Kier alpha value is -1.49. The van der Waals surface area contributed by atoms with E-state index in [2.05, 4.69) is 21.0 Å². The van der Waals surface area contributed by atoms with Gasteiger partial charge in [0.1, 0.15) is 11.5 Å². The third kappa shape index (κ3) is 2.61. The molecule has 0 aliphatic carbocycles. The van der Waals surface area contributed by atoms with Crippen molar-refractivity contribution in [3.8, 4) is 0 Å². The summed E-state index contributed by atoms with van der Waals surface area (Å²) in [5.74, 6) is -0.478. The fourth-order valence-corrected chi connectivity index (χ4v) is 2.32. The number of aryl methyl sites for hydroxylation is 1. The fraction of sp³-hybridized carbons (Fsp3) is 0.286. The molecule has 19 heavy (non-hydrogen) atoms. The molecule has 0 amide bonds. The Kier molecular flexibility index (Phi) is 3.85. The number of halogens is 2. The first-order chi connectivity index (χ1) is 8.91. The van der Waals surface area contributed by atoms with Gasteiger partial charge in [0.05, 0.1) is 10.7 Å². The lowest BCUT2D eigenvalue weighted by Crippen LogP contribution is -2.14. The fourth-order valence-electron chi connectivity index (χ4n) is 1.87. The van der Waals surface area contributed by atoms with E-state index in [0.29, 0.717) is 21.3 Å². The summed E-state index contributed by atoms with van der Waals surface area (Å²) in [6.07, 6.45) is 1.60. The Morgan fingerprint density at radius 1 is 1.42 bits per heavy atom. The van der Waals surface area contributed by atoms with Gasteiger partial charge in [-0.05, 0) is 60.5 Å². The number of benzene rings is 1. The molecule has 0 N–H and O–H groups in total. The smallest absolute Gasteiger partial charge is 0.212 e. The summed E-state index contributed by atoms with van der Waals surface area (Å²) in [6.45, 7) is 5.54. The minimum atomic E-state index is -0.312. The standard InChI is InChI=1S/C14H14BrFN2O/c1-8(2)18-13(11(15)7-17-18)14(19)10-4-5-12(16)9(3)6-10/h4-8H,1-3H3. The molecule has 3 nitrogen and oxygen atoms in total. The van der Waals surface area contributed by atoms with Crippen LogP contribution in [0.3, 0.4) is 0 Å². The van der Waals surface area contributed by atoms with Gasteiger partial charge in [-0.3, -0.25) is 9.48 Å². The second kappa shape index (κ2) is 5.25. The van der Waals surface area contributed by atoms with Gasteiger partial charge in [0, 0.05) is 11.6 Å². The van der Waals surface area contributed by atoms with Crippen LogP contribution in [0.4, 0.5) is 4.39 Å². The normalized spacial score (nSPS) is 11.1. The number of hydrogen-bond donors (Lipinski definition) is 0. The van der Waals surface area contributed by atoms with E-state index < -0.39 is 0 Å². The Morgan fingerprint density at radius 3 is 2.68 bits per heavy atom. The molecule has 0 aliphatic heterocycles. The summed E-state index contributed by atoms with van der Waals surface area (Å²) in [6, 6.07) is 4.44. The van der Waals surface area contributed by atoms with Crippen molar-refractivity contribution >= 4 is 21.7 Å². The number of carbonyl (C=O) groups excluding carboxylic acids is 1. The molecule has 1 heterocycles. The SMILES string of the molecule is Cc1cc(C(=O)c2c(Br)cnn2C(C)C)ccc1F. The highest BCUT2D eigenvalue weighted by molar-refractivity contribution is 9.10. The molecule has 2 aromatic rings. The molecule has 0 atom stereocenters. The van der Waals surface area contributed by atoms with Crippen molar-refractivity contribution < 1.29 is 9.18 Å². The first-order valence-electron chi connectivity index (χ1n) is 5.95. The first-order valence-corrected chi connectivity index (χ1v) is 6.75. The maximum atomic E-state index is 13.3. The highest BCUT2D eigenvalue weighted by atomic mass is 79.9. The Morgan fingerprint density at radius 2 is 2.11 bits per heavy atom. The molecule has 0 fully saturated rings. The maximum absolute atomic E-state index is 13.3. The van der Waals surface area contributed by atoms with E-state index in [9.17, 15) is 9.18 Å². The van der Waals surface area contributed by atoms with Gasteiger partial charge in [-0.1, -0.05) is 0 Å². The molecule has 0 bridgehead atoms. The summed E-state index contributed by atoms with van der Waals surface area (Å²) >= 11 is 3.34. The zero-order valence-electron chi connectivity index (χ0n) is 10.9. The molecule has 0 unspecified atom stereocenters.